The van der Waals surface area contributed by atoms with Gasteiger partial charge in [-0.2, -0.15) is 0 Å². The smallest absolute Gasteiger partial charge is 0.145 e. The van der Waals surface area contributed by atoms with Crippen LogP contribution in [0.3, 0.4) is 0 Å². The van der Waals surface area contributed by atoms with Crippen LogP contribution in [0, 0.1) is 0 Å². The van der Waals surface area contributed by atoms with Crippen LogP contribution in [0.4, 0.5) is 5.82 Å². The third-order valence-electron chi connectivity index (χ3n) is 6.08. The summed E-state index contributed by atoms with van der Waals surface area (Å²) >= 11 is 0. The molecule has 0 saturated carbocycles. The highest BCUT2D eigenvalue weighted by Gasteiger charge is 2.23. The fourth-order valence-electron chi connectivity index (χ4n) is 4.37. The van der Waals surface area contributed by atoms with Crippen molar-refractivity contribution in [1.29, 1.82) is 0 Å². The number of hydrogen-bond acceptors (Lipinski definition) is 5. The molecule has 1 saturated heterocycles. The average molecular weight is 433 g/mol. The van der Waals surface area contributed by atoms with Crippen molar-refractivity contribution in [2.75, 3.05) is 18.5 Å². The van der Waals surface area contributed by atoms with Gasteiger partial charge in [0.15, 0.2) is 0 Å². The molecule has 1 fully saturated rings. The summed E-state index contributed by atoms with van der Waals surface area (Å²) in [5.74, 6) is 0.798. The number of hydrogen-bond donors (Lipinski definition) is 2. The Kier molecular flexibility index (Phi) is 8.77. The zero-order valence-electron chi connectivity index (χ0n) is 18.2. The van der Waals surface area contributed by atoms with E-state index in [0.717, 1.165) is 49.4 Å². The number of anilines is 1. The molecule has 1 aliphatic heterocycles. The number of benzene rings is 2. The monoisotopic (exact) mass is 432 g/mol. The van der Waals surface area contributed by atoms with E-state index < -0.39 is 0 Å². The molecule has 2 aromatic carbocycles. The average Bonchev–Trinajstić information content (AvgIpc) is 3.27. The van der Waals surface area contributed by atoms with Gasteiger partial charge in [-0.3, -0.25) is 9.88 Å². The van der Waals surface area contributed by atoms with Crippen LogP contribution in [-0.4, -0.2) is 39.2 Å². The maximum Gasteiger partial charge on any atom is 0.145 e. The first kappa shape index (κ1) is 23.9. The molecule has 170 valence electrons. The van der Waals surface area contributed by atoms with E-state index in [-0.39, 0.29) is 20.1 Å². The third kappa shape index (κ3) is 5.93. The number of nitrogens with one attached hydrogen (secondary N) is 1. The van der Waals surface area contributed by atoms with E-state index in [1.54, 1.807) is 6.20 Å². The molecule has 0 aliphatic carbocycles. The van der Waals surface area contributed by atoms with Crippen molar-refractivity contribution >= 4 is 5.82 Å². The maximum atomic E-state index is 9.54. The zero-order chi connectivity index (χ0) is 21.5. The van der Waals surface area contributed by atoms with Gasteiger partial charge in [0.25, 0.3) is 0 Å². The number of rotatable bonds is 9. The van der Waals surface area contributed by atoms with Crippen molar-refractivity contribution in [3.8, 4) is 11.3 Å². The molecule has 4 rings (SSSR count). The highest BCUT2D eigenvalue weighted by Crippen LogP contribution is 2.25. The van der Waals surface area contributed by atoms with Crippen LogP contribution in [0.25, 0.3) is 11.3 Å². The summed E-state index contributed by atoms with van der Waals surface area (Å²) < 4.78 is 0. The maximum absolute atomic E-state index is 9.54. The van der Waals surface area contributed by atoms with E-state index in [1.807, 2.05) is 12.3 Å². The van der Waals surface area contributed by atoms with Crippen LogP contribution in [0.5, 0.6) is 0 Å². The second-order valence-corrected chi connectivity index (χ2v) is 8.33. The van der Waals surface area contributed by atoms with Gasteiger partial charge in [0.2, 0.25) is 0 Å². The third-order valence-corrected chi connectivity index (χ3v) is 6.08. The van der Waals surface area contributed by atoms with Crippen LogP contribution in [0.1, 0.15) is 57.2 Å². The predicted molar refractivity (Wildman–Crippen MR) is 132 cm³/mol. The van der Waals surface area contributed by atoms with Crippen molar-refractivity contribution in [2.45, 2.75) is 58.7 Å². The Bertz CT molecular complexity index is 945. The van der Waals surface area contributed by atoms with E-state index in [4.69, 9.17) is 4.98 Å². The zero-order valence-corrected chi connectivity index (χ0v) is 18.2. The molecule has 0 amide bonds. The molecule has 2 N–H and O–H groups in total. The van der Waals surface area contributed by atoms with Gasteiger partial charge in [-0.1, -0.05) is 75.4 Å². The van der Waals surface area contributed by atoms with Crippen LogP contribution in [0.15, 0.2) is 67.0 Å². The minimum atomic E-state index is 0. The lowest BCUT2D eigenvalue weighted by atomic mass is 10.0. The second kappa shape index (κ2) is 11.7. The Morgan fingerprint density at radius 3 is 2.59 bits per heavy atom. The van der Waals surface area contributed by atoms with Crippen LogP contribution in [0.2, 0.25) is 0 Å². The number of aliphatic hydroxyl groups excluding tert-OH is 1. The summed E-state index contributed by atoms with van der Waals surface area (Å²) in [6, 6.07) is 19.6. The van der Waals surface area contributed by atoms with Crippen molar-refractivity contribution < 1.29 is 5.11 Å². The van der Waals surface area contributed by atoms with Crippen LogP contribution in [-0.2, 0) is 6.54 Å². The molecule has 3 aromatic rings. The van der Waals surface area contributed by atoms with Gasteiger partial charge >= 0.3 is 0 Å². The molecule has 0 radical (unpaired) electrons. The first-order valence-electron chi connectivity index (χ1n) is 11.3. The molecule has 2 heterocycles. The van der Waals surface area contributed by atoms with E-state index in [9.17, 15) is 5.11 Å². The molecule has 5 nitrogen and oxygen atoms in total. The summed E-state index contributed by atoms with van der Waals surface area (Å²) in [4.78, 5) is 11.6. The Morgan fingerprint density at radius 2 is 1.88 bits per heavy atom. The minimum Gasteiger partial charge on any atom is -0.395 e. The van der Waals surface area contributed by atoms with Gasteiger partial charge in [0.1, 0.15) is 5.82 Å². The van der Waals surface area contributed by atoms with Gasteiger partial charge < -0.3 is 10.4 Å². The summed E-state index contributed by atoms with van der Waals surface area (Å²) in [6.45, 7) is 4.39. The van der Waals surface area contributed by atoms with E-state index in [0.29, 0.717) is 6.04 Å². The Hall–Kier alpha value is -2.76. The first-order valence-corrected chi connectivity index (χ1v) is 11.3. The summed E-state index contributed by atoms with van der Waals surface area (Å²) in [5, 5.41) is 13.1. The first-order chi connectivity index (χ1) is 15.3. The molecular weight excluding hydrogens is 396 g/mol. The Balaban J connectivity index is 0.00000289. The van der Waals surface area contributed by atoms with Gasteiger partial charge in [0, 0.05) is 18.2 Å². The standard InChI is InChI=1S/C26H32N4O.CH4/c1-2-7-24(21-8-4-3-5-9-21)28-26-17-27-16-25(29-26)22-13-11-20(12-14-22)18-30-15-6-10-23(30)19-31;/h3-5,8-9,11-14,16-17,23-24,31H,2,6-7,10,15,18-19H2,1H3,(H,28,29);1H4/t23-,24?;/m0./s1. The van der Waals surface area contributed by atoms with Crippen molar-refractivity contribution in [2.24, 2.45) is 0 Å². The SMILES string of the molecule is C.CCCC(Nc1cncc(-c2ccc(CN3CCC[C@H]3CO)cc2)n1)c1ccccc1. The lowest BCUT2D eigenvalue weighted by Gasteiger charge is -2.22. The fourth-order valence-corrected chi connectivity index (χ4v) is 4.37. The lowest BCUT2D eigenvalue weighted by molar-refractivity contribution is 0.153. The Morgan fingerprint density at radius 1 is 1.09 bits per heavy atom. The highest BCUT2D eigenvalue weighted by atomic mass is 16.3. The fraction of sp³-hybridized carbons (Fsp3) is 0.407. The number of nitrogens with zero attached hydrogens (tertiary/aromatic N) is 3. The van der Waals surface area contributed by atoms with Crippen molar-refractivity contribution in [3.05, 3.63) is 78.1 Å². The molecule has 2 atom stereocenters. The molecule has 1 aliphatic rings. The Labute approximate surface area is 192 Å². The van der Waals surface area contributed by atoms with Gasteiger partial charge in [-0.05, 0) is 36.9 Å². The minimum absolute atomic E-state index is 0. The van der Waals surface area contributed by atoms with Gasteiger partial charge in [-0.15, -0.1) is 0 Å². The quantitative estimate of drug-likeness (QED) is 0.455. The second-order valence-electron chi connectivity index (χ2n) is 8.33. The summed E-state index contributed by atoms with van der Waals surface area (Å²) in [7, 11) is 0. The van der Waals surface area contributed by atoms with Gasteiger partial charge in [0.05, 0.1) is 30.7 Å². The largest absolute Gasteiger partial charge is 0.395 e. The molecule has 0 bridgehead atoms. The van der Waals surface area contributed by atoms with Gasteiger partial charge in [-0.25, -0.2) is 4.98 Å². The molecule has 1 unspecified atom stereocenters. The van der Waals surface area contributed by atoms with E-state index >= 15 is 0 Å². The molecular formula is C27H36N4O. The number of likely N-dealkylation sites (tertiary alicyclic amines) is 1. The molecule has 32 heavy (non-hydrogen) atoms. The molecule has 5 heteroatoms. The van der Waals surface area contributed by atoms with Crippen molar-refractivity contribution in [3.63, 3.8) is 0 Å². The normalized spacial score (nSPS) is 17.0. The van der Waals surface area contributed by atoms with E-state index in [2.05, 4.69) is 70.7 Å². The number of aliphatic hydroxyl groups is 1. The lowest BCUT2D eigenvalue weighted by Crippen LogP contribution is -2.31. The van der Waals surface area contributed by atoms with Crippen LogP contribution < -0.4 is 5.32 Å². The summed E-state index contributed by atoms with van der Waals surface area (Å²) in [5.41, 5.74) is 4.46. The van der Waals surface area contributed by atoms with Crippen LogP contribution >= 0.6 is 0 Å². The van der Waals surface area contributed by atoms with E-state index in [1.165, 1.54) is 17.5 Å². The predicted octanol–water partition coefficient (Wildman–Crippen LogP) is 5.69. The highest BCUT2D eigenvalue weighted by molar-refractivity contribution is 5.60. The topological polar surface area (TPSA) is 61.3 Å². The molecule has 1 aromatic heterocycles. The summed E-state index contributed by atoms with van der Waals surface area (Å²) in [6.07, 6.45) is 8.00. The molecule has 0 spiro atoms. The van der Waals surface area contributed by atoms with Crippen molar-refractivity contribution in [1.82, 2.24) is 14.9 Å². The number of aromatic nitrogens is 2.